The van der Waals surface area contributed by atoms with Gasteiger partial charge in [-0.3, -0.25) is 10.3 Å². The molecule has 4 nitrogen and oxygen atoms in total. The molecule has 0 fully saturated rings. The van der Waals surface area contributed by atoms with E-state index in [2.05, 4.69) is 5.32 Å². The Kier molecular flexibility index (Phi) is 6.23. The number of guanidine groups is 1. The summed E-state index contributed by atoms with van der Waals surface area (Å²) in [7, 11) is 1.67. The predicted molar refractivity (Wildman–Crippen MR) is 79.5 cm³/mol. The molecule has 1 aromatic carbocycles. The Hall–Kier alpha value is -1.04. The number of thiocarbonyl (C=S) groups is 1. The molecule has 4 N–H and O–H groups in total. The molecule has 0 bridgehead atoms. The molecule has 0 aliphatic rings. The summed E-state index contributed by atoms with van der Waals surface area (Å²) >= 11 is 11.2. The van der Waals surface area contributed by atoms with E-state index in [0.717, 1.165) is 5.56 Å². The topological polar surface area (TPSA) is 65.1 Å². The first-order chi connectivity index (χ1) is 7.49. The summed E-state index contributed by atoms with van der Waals surface area (Å²) < 4.78 is 0. The van der Waals surface area contributed by atoms with E-state index < -0.39 is 0 Å². The fourth-order valence-corrected chi connectivity index (χ4v) is 1.85. The van der Waals surface area contributed by atoms with Crippen molar-refractivity contribution in [3.05, 3.63) is 28.8 Å². The molecule has 94 valence electrons. The zero-order valence-corrected chi connectivity index (χ0v) is 11.8. The third-order valence-corrected chi connectivity index (χ3v) is 2.76. The van der Waals surface area contributed by atoms with Gasteiger partial charge < -0.3 is 11.1 Å². The maximum absolute atomic E-state index is 7.53. The van der Waals surface area contributed by atoms with E-state index in [9.17, 15) is 0 Å². The number of para-hydroxylation sites is 1. The molecular weight excluding hydrogens is 279 g/mol. The van der Waals surface area contributed by atoms with Crippen LogP contribution in [0.2, 0.25) is 5.02 Å². The molecule has 0 amide bonds. The number of halogens is 2. The van der Waals surface area contributed by atoms with E-state index in [1.165, 1.54) is 4.90 Å². The first-order valence-electron chi connectivity index (χ1n) is 4.60. The smallest absolute Gasteiger partial charge is 0.199 e. The van der Waals surface area contributed by atoms with Gasteiger partial charge in [-0.15, -0.1) is 12.4 Å². The van der Waals surface area contributed by atoms with Crippen molar-refractivity contribution in [3.63, 3.8) is 0 Å². The van der Waals surface area contributed by atoms with Crippen molar-refractivity contribution in [1.82, 2.24) is 5.32 Å². The van der Waals surface area contributed by atoms with Gasteiger partial charge >= 0.3 is 0 Å². The minimum absolute atomic E-state index is 0. The fraction of sp³-hybridized carbons (Fsp3) is 0.200. The highest BCUT2D eigenvalue weighted by Crippen LogP contribution is 2.29. The highest BCUT2D eigenvalue weighted by atomic mass is 35.5. The number of anilines is 1. The Morgan fingerprint density at radius 2 is 2.12 bits per heavy atom. The Morgan fingerprint density at radius 1 is 1.53 bits per heavy atom. The van der Waals surface area contributed by atoms with Gasteiger partial charge in [-0.1, -0.05) is 23.7 Å². The van der Waals surface area contributed by atoms with Crippen LogP contribution in [0.3, 0.4) is 0 Å². The lowest BCUT2D eigenvalue weighted by Gasteiger charge is -2.25. The lowest BCUT2D eigenvalue weighted by atomic mass is 10.2. The monoisotopic (exact) mass is 292 g/mol. The first-order valence-corrected chi connectivity index (χ1v) is 5.38. The SMILES string of the molecule is CNC(=S)N(C(=N)N)c1c(C)cccc1Cl.Cl. The minimum Gasteiger partial charge on any atom is -0.369 e. The Labute approximate surface area is 117 Å². The van der Waals surface area contributed by atoms with Crippen molar-refractivity contribution in [2.24, 2.45) is 5.73 Å². The summed E-state index contributed by atoms with van der Waals surface area (Å²) in [5.74, 6) is -0.171. The van der Waals surface area contributed by atoms with Gasteiger partial charge in [0.05, 0.1) is 10.7 Å². The van der Waals surface area contributed by atoms with E-state index in [-0.39, 0.29) is 18.4 Å². The van der Waals surface area contributed by atoms with Crippen molar-refractivity contribution in [3.8, 4) is 0 Å². The van der Waals surface area contributed by atoms with Crippen molar-refractivity contribution in [2.45, 2.75) is 6.92 Å². The van der Waals surface area contributed by atoms with Gasteiger partial charge in [-0.2, -0.15) is 0 Å². The van der Waals surface area contributed by atoms with Crippen LogP contribution in [-0.4, -0.2) is 18.1 Å². The lowest BCUT2D eigenvalue weighted by molar-refractivity contribution is 1.14. The van der Waals surface area contributed by atoms with Crippen LogP contribution in [0, 0.1) is 12.3 Å². The number of nitrogens with two attached hydrogens (primary N) is 1. The van der Waals surface area contributed by atoms with Crippen LogP contribution in [0.25, 0.3) is 0 Å². The standard InChI is InChI=1S/C10H13ClN4S.ClH/c1-6-4-3-5-7(11)8(6)15(9(12)13)10(16)14-2;/h3-5H,1-2H3,(H3,12,13)(H,14,16);1H. The number of rotatable bonds is 1. The van der Waals surface area contributed by atoms with Crippen LogP contribution >= 0.6 is 36.2 Å². The average molecular weight is 293 g/mol. The number of hydrogen-bond acceptors (Lipinski definition) is 2. The van der Waals surface area contributed by atoms with Gasteiger partial charge in [0.15, 0.2) is 11.1 Å². The molecular formula is C10H14Cl2N4S. The maximum Gasteiger partial charge on any atom is 0.199 e. The van der Waals surface area contributed by atoms with Crippen molar-refractivity contribution >= 4 is 53.0 Å². The van der Waals surface area contributed by atoms with Crippen LogP contribution in [0.4, 0.5) is 5.69 Å². The molecule has 1 rings (SSSR count). The van der Waals surface area contributed by atoms with Crippen molar-refractivity contribution in [1.29, 1.82) is 5.41 Å². The summed E-state index contributed by atoms with van der Waals surface area (Å²) in [4.78, 5) is 1.40. The van der Waals surface area contributed by atoms with E-state index in [1.54, 1.807) is 13.1 Å². The number of nitrogens with one attached hydrogen (secondary N) is 2. The average Bonchev–Trinajstić information content (AvgIpc) is 2.22. The maximum atomic E-state index is 7.53. The number of hydrogen-bond donors (Lipinski definition) is 3. The van der Waals surface area contributed by atoms with E-state index in [1.807, 2.05) is 19.1 Å². The minimum atomic E-state index is -0.171. The summed E-state index contributed by atoms with van der Waals surface area (Å²) in [5.41, 5.74) is 7.04. The molecule has 0 radical (unpaired) electrons. The van der Waals surface area contributed by atoms with Gasteiger partial charge in [0.2, 0.25) is 0 Å². The second-order valence-corrected chi connectivity index (χ2v) is 3.98. The molecule has 0 unspecified atom stereocenters. The summed E-state index contributed by atoms with van der Waals surface area (Å²) in [6.07, 6.45) is 0. The molecule has 0 heterocycles. The molecule has 0 aliphatic carbocycles. The van der Waals surface area contributed by atoms with E-state index in [4.69, 9.17) is 35.0 Å². The first kappa shape index (κ1) is 16.0. The molecule has 17 heavy (non-hydrogen) atoms. The number of aryl methyl sites for hydroxylation is 1. The summed E-state index contributed by atoms with van der Waals surface area (Å²) in [5, 5.41) is 11.2. The second-order valence-electron chi connectivity index (χ2n) is 3.18. The van der Waals surface area contributed by atoms with Crippen LogP contribution < -0.4 is 16.0 Å². The second kappa shape index (κ2) is 6.64. The third kappa shape index (κ3) is 3.46. The molecule has 1 aromatic rings. The highest BCUT2D eigenvalue weighted by molar-refractivity contribution is 7.80. The zero-order valence-electron chi connectivity index (χ0n) is 9.45. The largest absolute Gasteiger partial charge is 0.369 e. The van der Waals surface area contributed by atoms with Gasteiger partial charge in [-0.25, -0.2) is 0 Å². The summed E-state index contributed by atoms with van der Waals surface area (Å²) in [6.45, 7) is 1.88. The van der Waals surface area contributed by atoms with E-state index >= 15 is 0 Å². The number of benzene rings is 1. The van der Waals surface area contributed by atoms with Crippen LogP contribution in [0.15, 0.2) is 18.2 Å². The quantitative estimate of drug-likeness (QED) is 0.422. The Balaban J connectivity index is 0.00000256. The lowest BCUT2D eigenvalue weighted by Crippen LogP contribution is -2.46. The van der Waals surface area contributed by atoms with Crippen molar-refractivity contribution < 1.29 is 0 Å². The fourth-order valence-electron chi connectivity index (χ4n) is 1.35. The van der Waals surface area contributed by atoms with Gasteiger partial charge in [-0.05, 0) is 30.8 Å². The molecule has 0 spiro atoms. The Morgan fingerprint density at radius 3 is 2.53 bits per heavy atom. The zero-order chi connectivity index (χ0) is 12.3. The molecule has 0 saturated heterocycles. The number of nitrogens with zero attached hydrogens (tertiary/aromatic N) is 1. The molecule has 0 atom stereocenters. The molecule has 0 saturated carbocycles. The van der Waals surface area contributed by atoms with Gasteiger partial charge in [0, 0.05) is 7.05 Å². The van der Waals surface area contributed by atoms with Crippen LogP contribution in [-0.2, 0) is 0 Å². The highest BCUT2D eigenvalue weighted by Gasteiger charge is 2.18. The molecule has 0 aliphatic heterocycles. The van der Waals surface area contributed by atoms with Crippen LogP contribution in [0.5, 0.6) is 0 Å². The van der Waals surface area contributed by atoms with E-state index in [0.29, 0.717) is 15.8 Å². The van der Waals surface area contributed by atoms with Crippen molar-refractivity contribution in [2.75, 3.05) is 11.9 Å². The Bertz CT molecular complexity index is 416. The predicted octanol–water partition coefficient (Wildman–Crippen LogP) is 2.27. The van der Waals surface area contributed by atoms with Gasteiger partial charge in [0.1, 0.15) is 0 Å². The molecule has 7 heteroatoms. The normalized spacial score (nSPS) is 9.12. The third-order valence-electron chi connectivity index (χ3n) is 2.07. The summed E-state index contributed by atoms with van der Waals surface area (Å²) in [6, 6.07) is 5.45. The van der Waals surface area contributed by atoms with Crippen LogP contribution in [0.1, 0.15) is 5.56 Å². The van der Waals surface area contributed by atoms with Gasteiger partial charge in [0.25, 0.3) is 0 Å². The molecule has 0 aromatic heterocycles.